The number of H-pyrrole nitrogens is 1. The third kappa shape index (κ3) is 2.19. The van der Waals surface area contributed by atoms with E-state index in [1.165, 1.54) is 23.8 Å². The number of methoxy groups -OCH3 is 1. The Morgan fingerprint density at radius 1 is 1.26 bits per heavy atom. The first-order valence-corrected chi connectivity index (χ1v) is 6.34. The summed E-state index contributed by atoms with van der Waals surface area (Å²) in [5.41, 5.74) is 5.23. The number of aromatic nitrogens is 1. The van der Waals surface area contributed by atoms with Gasteiger partial charge in [-0.25, -0.2) is 4.79 Å². The van der Waals surface area contributed by atoms with Gasteiger partial charge >= 0.3 is 5.97 Å². The Morgan fingerprint density at radius 2 is 2.05 bits per heavy atom. The predicted molar refractivity (Wildman–Crippen MR) is 74.8 cm³/mol. The van der Waals surface area contributed by atoms with Crippen LogP contribution >= 0.6 is 0 Å². The maximum absolute atomic E-state index is 11.5. The van der Waals surface area contributed by atoms with Crippen LogP contribution in [0.1, 0.15) is 33.7 Å². The standard InChI is InChI=1S/C16H15NO2/c1-19-16(18)14-10-13-8-7-12(15(13)17-14)9-11-5-3-2-4-6-11/h2-6,9-10,17H,7-8H2,1H3/b12-9+. The van der Waals surface area contributed by atoms with Crippen LogP contribution in [0.2, 0.25) is 0 Å². The molecule has 0 atom stereocenters. The third-order valence-electron chi connectivity index (χ3n) is 3.43. The third-order valence-corrected chi connectivity index (χ3v) is 3.43. The highest BCUT2D eigenvalue weighted by Gasteiger charge is 2.21. The van der Waals surface area contributed by atoms with Crippen LogP contribution in [-0.2, 0) is 11.2 Å². The normalized spacial score (nSPS) is 15.5. The summed E-state index contributed by atoms with van der Waals surface area (Å²) < 4.78 is 4.74. The van der Waals surface area contributed by atoms with Crippen LogP contribution in [-0.4, -0.2) is 18.1 Å². The van der Waals surface area contributed by atoms with Gasteiger partial charge in [0.2, 0.25) is 0 Å². The van der Waals surface area contributed by atoms with Gasteiger partial charge < -0.3 is 9.72 Å². The van der Waals surface area contributed by atoms with E-state index in [9.17, 15) is 4.79 Å². The van der Waals surface area contributed by atoms with Crippen LogP contribution in [0.4, 0.5) is 0 Å². The number of hydrogen-bond donors (Lipinski definition) is 1. The lowest BCUT2D eigenvalue weighted by atomic mass is 10.1. The van der Waals surface area contributed by atoms with Crippen molar-refractivity contribution >= 4 is 17.6 Å². The van der Waals surface area contributed by atoms with Gasteiger partial charge in [-0.2, -0.15) is 0 Å². The maximum Gasteiger partial charge on any atom is 0.354 e. The Labute approximate surface area is 111 Å². The van der Waals surface area contributed by atoms with E-state index in [1.807, 2.05) is 24.3 Å². The molecule has 2 aromatic rings. The zero-order valence-corrected chi connectivity index (χ0v) is 10.8. The molecule has 96 valence electrons. The molecule has 1 aliphatic rings. The topological polar surface area (TPSA) is 42.1 Å². The van der Waals surface area contributed by atoms with Crippen LogP contribution < -0.4 is 0 Å². The Morgan fingerprint density at radius 3 is 2.79 bits per heavy atom. The minimum Gasteiger partial charge on any atom is -0.464 e. The molecule has 1 aromatic heterocycles. The molecule has 1 aromatic carbocycles. The zero-order valence-electron chi connectivity index (χ0n) is 10.8. The second-order valence-electron chi connectivity index (χ2n) is 4.66. The number of hydrogen-bond acceptors (Lipinski definition) is 2. The Kier molecular flexibility index (Phi) is 2.95. The van der Waals surface area contributed by atoms with Crippen molar-refractivity contribution in [2.75, 3.05) is 7.11 Å². The molecular formula is C16H15NO2. The lowest BCUT2D eigenvalue weighted by Gasteiger charge is -2.00. The molecule has 0 fully saturated rings. The molecule has 1 N–H and O–H groups in total. The number of nitrogens with one attached hydrogen (secondary N) is 1. The second kappa shape index (κ2) is 4.76. The largest absolute Gasteiger partial charge is 0.464 e. The van der Waals surface area contributed by atoms with E-state index in [0.717, 1.165) is 18.5 Å². The number of esters is 1. The van der Waals surface area contributed by atoms with Crippen molar-refractivity contribution in [3.63, 3.8) is 0 Å². The molecule has 0 saturated heterocycles. The van der Waals surface area contributed by atoms with Crippen molar-refractivity contribution in [3.8, 4) is 0 Å². The summed E-state index contributed by atoms with van der Waals surface area (Å²) in [7, 11) is 1.40. The molecular weight excluding hydrogens is 238 g/mol. The number of carbonyl (C=O) groups is 1. The molecule has 3 nitrogen and oxygen atoms in total. The summed E-state index contributed by atoms with van der Waals surface area (Å²) in [4.78, 5) is 14.7. The van der Waals surface area contributed by atoms with Crippen LogP contribution in [0.3, 0.4) is 0 Å². The number of carbonyl (C=O) groups excluding carboxylic acids is 1. The first kappa shape index (κ1) is 11.8. The number of aryl methyl sites for hydroxylation is 1. The predicted octanol–water partition coefficient (Wildman–Crippen LogP) is 3.29. The van der Waals surface area contributed by atoms with Gasteiger partial charge in [-0.05, 0) is 41.7 Å². The Bertz CT molecular complexity index is 638. The number of ether oxygens (including phenoxy) is 1. The summed E-state index contributed by atoms with van der Waals surface area (Å²) in [5.74, 6) is -0.312. The van der Waals surface area contributed by atoms with Gasteiger partial charge in [0.15, 0.2) is 0 Å². The van der Waals surface area contributed by atoms with Crippen molar-refractivity contribution in [1.82, 2.24) is 4.98 Å². The fraction of sp³-hybridized carbons (Fsp3) is 0.188. The van der Waals surface area contributed by atoms with Gasteiger partial charge in [-0.1, -0.05) is 30.3 Å². The first-order valence-electron chi connectivity index (χ1n) is 6.34. The van der Waals surface area contributed by atoms with E-state index < -0.39 is 0 Å². The molecule has 0 aliphatic heterocycles. The van der Waals surface area contributed by atoms with E-state index in [4.69, 9.17) is 4.74 Å². The van der Waals surface area contributed by atoms with E-state index in [0.29, 0.717) is 5.69 Å². The fourth-order valence-electron chi connectivity index (χ4n) is 2.49. The highest BCUT2D eigenvalue weighted by Crippen LogP contribution is 2.33. The summed E-state index contributed by atoms with van der Waals surface area (Å²) >= 11 is 0. The number of fused-ring (bicyclic) bond motifs is 1. The molecule has 0 saturated carbocycles. The number of benzene rings is 1. The Hall–Kier alpha value is -2.29. The molecule has 3 rings (SSSR count). The molecule has 3 heteroatoms. The van der Waals surface area contributed by atoms with Crippen LogP contribution in [0.5, 0.6) is 0 Å². The lowest BCUT2D eigenvalue weighted by Crippen LogP contribution is -2.01. The number of aromatic amines is 1. The fourth-order valence-corrected chi connectivity index (χ4v) is 2.49. The van der Waals surface area contributed by atoms with E-state index >= 15 is 0 Å². The van der Waals surface area contributed by atoms with Gasteiger partial charge in [0, 0.05) is 5.69 Å². The average Bonchev–Trinajstić information content (AvgIpc) is 3.01. The molecule has 0 radical (unpaired) electrons. The molecule has 19 heavy (non-hydrogen) atoms. The smallest absolute Gasteiger partial charge is 0.354 e. The van der Waals surface area contributed by atoms with Gasteiger partial charge in [0.05, 0.1) is 7.11 Å². The quantitative estimate of drug-likeness (QED) is 0.834. The summed E-state index contributed by atoms with van der Waals surface area (Å²) in [6.45, 7) is 0. The zero-order chi connectivity index (χ0) is 13.2. The number of rotatable bonds is 2. The summed E-state index contributed by atoms with van der Waals surface area (Å²) in [5, 5.41) is 0. The molecule has 0 bridgehead atoms. The molecule has 0 spiro atoms. The van der Waals surface area contributed by atoms with Crippen molar-refractivity contribution in [1.29, 1.82) is 0 Å². The average molecular weight is 253 g/mol. The van der Waals surface area contributed by atoms with Gasteiger partial charge in [0.1, 0.15) is 5.69 Å². The van der Waals surface area contributed by atoms with Crippen molar-refractivity contribution < 1.29 is 9.53 Å². The molecule has 0 unspecified atom stereocenters. The van der Waals surface area contributed by atoms with Crippen molar-refractivity contribution in [2.24, 2.45) is 0 Å². The lowest BCUT2D eigenvalue weighted by molar-refractivity contribution is 0.0594. The maximum atomic E-state index is 11.5. The Balaban J connectivity index is 1.96. The summed E-state index contributed by atoms with van der Waals surface area (Å²) in [6.07, 6.45) is 4.16. The summed E-state index contributed by atoms with van der Waals surface area (Å²) in [6, 6.07) is 12.1. The van der Waals surface area contributed by atoms with Crippen LogP contribution in [0.25, 0.3) is 11.6 Å². The van der Waals surface area contributed by atoms with Crippen molar-refractivity contribution in [3.05, 3.63) is 58.9 Å². The highest BCUT2D eigenvalue weighted by atomic mass is 16.5. The molecule has 1 aliphatic carbocycles. The van der Waals surface area contributed by atoms with Gasteiger partial charge in [-0.15, -0.1) is 0 Å². The minimum atomic E-state index is -0.312. The molecule has 1 heterocycles. The van der Waals surface area contributed by atoms with E-state index in [-0.39, 0.29) is 5.97 Å². The SMILES string of the molecule is COC(=O)c1cc2c([nH]1)/C(=C/c1ccccc1)CC2. The van der Waals surface area contributed by atoms with Crippen LogP contribution in [0, 0.1) is 0 Å². The minimum absolute atomic E-state index is 0.312. The van der Waals surface area contributed by atoms with Gasteiger partial charge in [0.25, 0.3) is 0 Å². The first-order chi connectivity index (χ1) is 9.28. The second-order valence-corrected chi connectivity index (χ2v) is 4.66. The van der Waals surface area contributed by atoms with E-state index in [2.05, 4.69) is 23.2 Å². The van der Waals surface area contributed by atoms with Crippen LogP contribution in [0.15, 0.2) is 36.4 Å². The van der Waals surface area contributed by atoms with E-state index in [1.54, 1.807) is 0 Å². The van der Waals surface area contributed by atoms with Crippen molar-refractivity contribution in [2.45, 2.75) is 12.8 Å². The monoisotopic (exact) mass is 253 g/mol. The number of allylic oxidation sites excluding steroid dienone is 1. The van der Waals surface area contributed by atoms with Gasteiger partial charge in [-0.3, -0.25) is 0 Å². The highest BCUT2D eigenvalue weighted by molar-refractivity contribution is 5.91. The molecule has 0 amide bonds.